The van der Waals surface area contributed by atoms with Crippen molar-refractivity contribution in [2.75, 3.05) is 36.9 Å². The van der Waals surface area contributed by atoms with Gasteiger partial charge < -0.3 is 20.3 Å². The van der Waals surface area contributed by atoms with E-state index in [-0.39, 0.29) is 11.8 Å². The maximum atomic E-state index is 11.7. The number of hydrogen-bond donors (Lipinski definition) is 1. The van der Waals surface area contributed by atoms with Gasteiger partial charge in [0.15, 0.2) is 0 Å². The molecule has 0 saturated carbocycles. The molecule has 0 aromatic carbocycles. The zero-order valence-electron chi connectivity index (χ0n) is 13.4. The van der Waals surface area contributed by atoms with Gasteiger partial charge in [-0.2, -0.15) is 4.98 Å². The lowest BCUT2D eigenvalue weighted by atomic mass is 9.94. The lowest BCUT2D eigenvalue weighted by molar-refractivity contribution is -0.130. The van der Waals surface area contributed by atoms with Gasteiger partial charge in [0, 0.05) is 38.5 Å². The number of aromatic nitrogens is 2. The Hall–Kier alpha value is -1.89. The summed E-state index contributed by atoms with van der Waals surface area (Å²) in [5.41, 5.74) is 7.00. The molecule has 124 valence electrons. The fraction of sp³-hybridized carbons (Fsp3) is 0.688. The standard InChI is InChI=1S/C16H23N5O2/c1-10(22)20-4-2-3-11(7-20)14-6-15(17)19-16(18-14)21-8-13-5-12(21)9-23-13/h6,11-13H,2-5,7-9H2,1H3,(H2,17,18,19). The number of rotatable bonds is 2. The number of likely N-dealkylation sites (tertiary alicyclic amines) is 1. The van der Waals surface area contributed by atoms with Crippen LogP contribution < -0.4 is 10.6 Å². The molecule has 3 aliphatic rings. The van der Waals surface area contributed by atoms with E-state index in [9.17, 15) is 4.79 Å². The van der Waals surface area contributed by atoms with Gasteiger partial charge in [0.05, 0.1) is 24.4 Å². The van der Waals surface area contributed by atoms with Crippen molar-refractivity contribution in [3.63, 3.8) is 0 Å². The van der Waals surface area contributed by atoms with Crippen LogP contribution >= 0.6 is 0 Å². The molecule has 23 heavy (non-hydrogen) atoms. The van der Waals surface area contributed by atoms with Gasteiger partial charge in [-0.05, 0) is 19.3 Å². The topological polar surface area (TPSA) is 84.6 Å². The van der Waals surface area contributed by atoms with E-state index in [1.54, 1.807) is 6.92 Å². The summed E-state index contributed by atoms with van der Waals surface area (Å²) in [5.74, 6) is 1.60. The number of hydrogen-bond acceptors (Lipinski definition) is 6. The van der Waals surface area contributed by atoms with Gasteiger partial charge in [-0.3, -0.25) is 4.79 Å². The van der Waals surface area contributed by atoms with Crippen molar-refractivity contribution in [1.82, 2.24) is 14.9 Å². The van der Waals surface area contributed by atoms with Crippen LogP contribution in [-0.4, -0.2) is 59.2 Å². The third kappa shape index (κ3) is 2.73. The van der Waals surface area contributed by atoms with Crippen LogP contribution in [0.25, 0.3) is 0 Å². The Balaban J connectivity index is 1.58. The molecule has 2 N–H and O–H groups in total. The van der Waals surface area contributed by atoms with Crippen LogP contribution in [0.15, 0.2) is 6.07 Å². The number of carbonyl (C=O) groups is 1. The molecule has 4 heterocycles. The van der Waals surface area contributed by atoms with E-state index < -0.39 is 0 Å². The molecule has 1 aromatic heterocycles. The van der Waals surface area contributed by atoms with Crippen molar-refractivity contribution in [2.24, 2.45) is 0 Å². The molecule has 7 heteroatoms. The second kappa shape index (κ2) is 5.63. The Bertz CT molecular complexity index is 622. The molecule has 3 atom stereocenters. The van der Waals surface area contributed by atoms with Crippen LogP contribution in [0, 0.1) is 0 Å². The highest BCUT2D eigenvalue weighted by Crippen LogP contribution is 2.33. The summed E-state index contributed by atoms with van der Waals surface area (Å²) in [6.45, 7) is 4.79. The van der Waals surface area contributed by atoms with Gasteiger partial charge in [0.2, 0.25) is 11.9 Å². The average molecular weight is 317 g/mol. The third-order valence-electron chi connectivity index (χ3n) is 5.20. The first-order valence-corrected chi connectivity index (χ1v) is 8.38. The Morgan fingerprint density at radius 3 is 2.96 bits per heavy atom. The molecule has 3 aliphatic heterocycles. The number of anilines is 2. The van der Waals surface area contributed by atoms with E-state index >= 15 is 0 Å². The minimum atomic E-state index is 0.131. The molecule has 0 spiro atoms. The third-order valence-corrected chi connectivity index (χ3v) is 5.20. The molecule has 3 saturated heterocycles. The molecular weight excluding hydrogens is 294 g/mol. The number of fused-ring (bicyclic) bond motifs is 2. The van der Waals surface area contributed by atoms with Crippen molar-refractivity contribution in [2.45, 2.75) is 44.2 Å². The predicted octanol–water partition coefficient (Wildman–Crippen LogP) is 0.762. The van der Waals surface area contributed by atoms with E-state index in [1.165, 1.54) is 0 Å². The lowest BCUT2D eigenvalue weighted by Crippen LogP contribution is -2.39. The minimum absolute atomic E-state index is 0.131. The molecule has 1 aromatic rings. The number of carbonyl (C=O) groups excluding carboxylic acids is 1. The summed E-state index contributed by atoms with van der Waals surface area (Å²) < 4.78 is 5.65. The monoisotopic (exact) mass is 317 g/mol. The second-order valence-electron chi connectivity index (χ2n) is 6.82. The quantitative estimate of drug-likeness (QED) is 0.867. The number of ether oxygens (including phenoxy) is 1. The van der Waals surface area contributed by atoms with E-state index in [0.717, 1.165) is 57.1 Å². The summed E-state index contributed by atoms with van der Waals surface area (Å²) >= 11 is 0. The van der Waals surface area contributed by atoms with E-state index in [1.807, 2.05) is 11.0 Å². The molecule has 1 amide bonds. The minimum Gasteiger partial charge on any atom is -0.384 e. The van der Waals surface area contributed by atoms with Gasteiger partial charge in [-0.15, -0.1) is 0 Å². The SMILES string of the molecule is CC(=O)N1CCCC(c2cc(N)nc(N3CC4CC3CO4)n2)C1. The van der Waals surface area contributed by atoms with Crippen molar-refractivity contribution in [1.29, 1.82) is 0 Å². The van der Waals surface area contributed by atoms with E-state index in [2.05, 4.69) is 9.88 Å². The second-order valence-corrected chi connectivity index (χ2v) is 6.82. The summed E-state index contributed by atoms with van der Waals surface area (Å²) in [5, 5.41) is 0. The van der Waals surface area contributed by atoms with E-state index in [0.29, 0.717) is 18.0 Å². The highest BCUT2D eigenvalue weighted by atomic mass is 16.5. The average Bonchev–Trinajstić information content (AvgIpc) is 3.17. The Morgan fingerprint density at radius 1 is 1.39 bits per heavy atom. The summed E-state index contributed by atoms with van der Waals surface area (Å²) in [6.07, 6.45) is 3.40. The van der Waals surface area contributed by atoms with Crippen LogP contribution in [0.3, 0.4) is 0 Å². The van der Waals surface area contributed by atoms with Crippen LogP contribution in [0.5, 0.6) is 0 Å². The fourth-order valence-corrected chi connectivity index (χ4v) is 3.96. The lowest BCUT2D eigenvalue weighted by Gasteiger charge is -2.32. The number of piperidine rings is 1. The van der Waals surface area contributed by atoms with E-state index in [4.69, 9.17) is 15.5 Å². The van der Waals surface area contributed by atoms with Crippen LogP contribution in [0.4, 0.5) is 11.8 Å². The first kappa shape index (κ1) is 14.7. The van der Waals surface area contributed by atoms with Crippen molar-refractivity contribution < 1.29 is 9.53 Å². The van der Waals surface area contributed by atoms with Gasteiger partial charge >= 0.3 is 0 Å². The molecule has 7 nitrogen and oxygen atoms in total. The van der Waals surface area contributed by atoms with Gasteiger partial charge in [-0.1, -0.05) is 0 Å². The number of nitrogen functional groups attached to an aromatic ring is 1. The molecule has 0 aliphatic carbocycles. The van der Waals surface area contributed by atoms with Gasteiger partial charge in [-0.25, -0.2) is 4.98 Å². The number of nitrogens with zero attached hydrogens (tertiary/aromatic N) is 4. The van der Waals surface area contributed by atoms with Crippen LogP contribution in [0.1, 0.15) is 37.8 Å². The Kier molecular flexibility index (Phi) is 3.60. The van der Waals surface area contributed by atoms with Crippen molar-refractivity contribution in [3.8, 4) is 0 Å². The Morgan fingerprint density at radius 2 is 2.26 bits per heavy atom. The Labute approximate surface area is 135 Å². The van der Waals surface area contributed by atoms with Crippen LogP contribution in [-0.2, 0) is 9.53 Å². The fourth-order valence-electron chi connectivity index (χ4n) is 3.96. The summed E-state index contributed by atoms with van der Waals surface area (Å²) in [7, 11) is 0. The summed E-state index contributed by atoms with van der Waals surface area (Å²) in [4.78, 5) is 25.0. The molecule has 2 bridgehead atoms. The smallest absolute Gasteiger partial charge is 0.227 e. The predicted molar refractivity (Wildman–Crippen MR) is 86.2 cm³/mol. The zero-order chi connectivity index (χ0) is 16.0. The molecule has 0 radical (unpaired) electrons. The first-order valence-electron chi connectivity index (χ1n) is 8.38. The van der Waals surface area contributed by atoms with Crippen LogP contribution in [0.2, 0.25) is 0 Å². The van der Waals surface area contributed by atoms with Gasteiger partial charge in [0.1, 0.15) is 5.82 Å². The van der Waals surface area contributed by atoms with Crippen molar-refractivity contribution >= 4 is 17.7 Å². The number of morpholine rings is 1. The molecule has 4 rings (SSSR count). The first-order chi connectivity index (χ1) is 11.1. The number of amides is 1. The highest BCUT2D eigenvalue weighted by Gasteiger charge is 2.40. The maximum Gasteiger partial charge on any atom is 0.227 e. The molecule has 3 fully saturated rings. The zero-order valence-corrected chi connectivity index (χ0v) is 13.4. The molecule has 3 unspecified atom stereocenters. The summed E-state index contributed by atoms with van der Waals surface area (Å²) in [6, 6.07) is 2.23. The molecular formula is C16H23N5O2. The largest absolute Gasteiger partial charge is 0.384 e. The normalized spacial score (nSPS) is 30.0. The maximum absolute atomic E-state index is 11.7. The highest BCUT2D eigenvalue weighted by molar-refractivity contribution is 5.73. The van der Waals surface area contributed by atoms with Gasteiger partial charge in [0.25, 0.3) is 0 Å². The number of nitrogens with two attached hydrogens (primary N) is 1. The van der Waals surface area contributed by atoms with Crippen molar-refractivity contribution in [3.05, 3.63) is 11.8 Å².